The summed E-state index contributed by atoms with van der Waals surface area (Å²) in [7, 11) is 1.75. The molecule has 1 aromatic heterocycles. The molecule has 29 heavy (non-hydrogen) atoms. The maximum atomic E-state index is 13.6. The van der Waals surface area contributed by atoms with E-state index in [2.05, 4.69) is 10.4 Å². The highest BCUT2D eigenvalue weighted by Crippen LogP contribution is 2.47. The Bertz CT molecular complexity index is 1150. The fraction of sp³-hybridized carbons (Fsp3) is 0.286. The predicted octanol–water partition coefficient (Wildman–Crippen LogP) is 3.52. The first kappa shape index (κ1) is 19.4. The summed E-state index contributed by atoms with van der Waals surface area (Å²) in [6.45, 7) is 2.45. The molecule has 0 spiro atoms. The highest BCUT2D eigenvalue weighted by molar-refractivity contribution is 6.30. The fourth-order valence-corrected chi connectivity index (χ4v) is 3.53. The molecule has 3 aromatic rings. The minimum absolute atomic E-state index is 0.0952. The zero-order valence-corrected chi connectivity index (χ0v) is 16.8. The number of benzene rings is 2. The van der Waals surface area contributed by atoms with E-state index in [-0.39, 0.29) is 34.6 Å². The van der Waals surface area contributed by atoms with Gasteiger partial charge >= 0.3 is 0 Å². The van der Waals surface area contributed by atoms with Crippen LogP contribution in [0.15, 0.2) is 47.3 Å². The molecule has 1 amide bonds. The van der Waals surface area contributed by atoms with E-state index in [0.29, 0.717) is 18.0 Å². The molecule has 2 aromatic carbocycles. The Balaban J connectivity index is 1.65. The van der Waals surface area contributed by atoms with Crippen molar-refractivity contribution in [2.24, 2.45) is 5.92 Å². The van der Waals surface area contributed by atoms with Crippen molar-refractivity contribution in [3.63, 3.8) is 0 Å². The summed E-state index contributed by atoms with van der Waals surface area (Å²) in [6.07, 6.45) is 0.702. The van der Waals surface area contributed by atoms with Gasteiger partial charge in [0.2, 0.25) is 11.9 Å². The van der Waals surface area contributed by atoms with E-state index >= 15 is 0 Å². The summed E-state index contributed by atoms with van der Waals surface area (Å²) in [4.78, 5) is 31.9. The van der Waals surface area contributed by atoms with Crippen LogP contribution in [0.5, 0.6) is 0 Å². The van der Waals surface area contributed by atoms with Crippen LogP contribution in [0.25, 0.3) is 10.9 Å². The normalized spacial score (nSPS) is 17.9. The van der Waals surface area contributed by atoms with Crippen molar-refractivity contribution in [1.82, 2.24) is 9.66 Å². The number of hydrogen-bond acceptors (Lipinski definition) is 4. The molecule has 2 unspecified atom stereocenters. The highest BCUT2D eigenvalue weighted by atomic mass is 35.5. The zero-order chi connectivity index (χ0) is 20.7. The summed E-state index contributed by atoms with van der Waals surface area (Å²) in [5, 5.41) is 0.887. The molecule has 1 saturated carbocycles. The van der Waals surface area contributed by atoms with Crippen LogP contribution < -0.4 is 15.9 Å². The van der Waals surface area contributed by atoms with Crippen LogP contribution >= 0.6 is 11.6 Å². The second-order valence-corrected chi connectivity index (χ2v) is 7.64. The number of amides is 1. The molecule has 2 atom stereocenters. The Kier molecular flexibility index (Phi) is 5.00. The zero-order valence-electron chi connectivity index (χ0n) is 16.0. The minimum Gasteiger partial charge on any atom is -0.344 e. The van der Waals surface area contributed by atoms with E-state index in [4.69, 9.17) is 11.6 Å². The first-order valence-corrected chi connectivity index (χ1v) is 9.76. The number of carbonyl (C=O) groups is 1. The summed E-state index contributed by atoms with van der Waals surface area (Å²) in [6, 6.07) is 11.2. The maximum Gasteiger partial charge on any atom is 0.281 e. The number of carbonyl (C=O) groups excluding carboxylic acids is 1. The van der Waals surface area contributed by atoms with E-state index in [9.17, 15) is 14.0 Å². The molecule has 1 fully saturated rings. The summed E-state index contributed by atoms with van der Waals surface area (Å²) >= 11 is 5.93. The van der Waals surface area contributed by atoms with Gasteiger partial charge in [0, 0.05) is 30.6 Å². The quantitative estimate of drug-likeness (QED) is 0.693. The average molecular weight is 415 g/mol. The van der Waals surface area contributed by atoms with Gasteiger partial charge in [0.1, 0.15) is 5.82 Å². The van der Waals surface area contributed by atoms with Crippen molar-refractivity contribution in [2.45, 2.75) is 19.3 Å². The number of halogens is 2. The highest BCUT2D eigenvalue weighted by Gasteiger charge is 2.44. The molecular weight excluding hydrogens is 395 g/mol. The second kappa shape index (κ2) is 7.48. The van der Waals surface area contributed by atoms with Gasteiger partial charge in [0.05, 0.1) is 10.9 Å². The lowest BCUT2D eigenvalue weighted by molar-refractivity contribution is -0.118. The molecule has 8 heteroatoms. The van der Waals surface area contributed by atoms with Crippen molar-refractivity contribution in [2.75, 3.05) is 23.9 Å². The second-order valence-electron chi connectivity index (χ2n) is 7.20. The van der Waals surface area contributed by atoms with Gasteiger partial charge in [-0.2, -0.15) is 4.68 Å². The summed E-state index contributed by atoms with van der Waals surface area (Å²) in [5.74, 6) is -0.599. The number of hydrogen-bond donors (Lipinski definition) is 1. The van der Waals surface area contributed by atoms with Gasteiger partial charge < -0.3 is 4.90 Å². The van der Waals surface area contributed by atoms with Gasteiger partial charge in [0.15, 0.2) is 0 Å². The van der Waals surface area contributed by atoms with Crippen molar-refractivity contribution in [1.29, 1.82) is 0 Å². The Morgan fingerprint density at radius 2 is 2.03 bits per heavy atom. The van der Waals surface area contributed by atoms with E-state index in [1.165, 1.54) is 18.2 Å². The van der Waals surface area contributed by atoms with Crippen LogP contribution in [0.1, 0.15) is 24.8 Å². The smallest absolute Gasteiger partial charge is 0.281 e. The van der Waals surface area contributed by atoms with Crippen molar-refractivity contribution in [3.05, 3.63) is 69.2 Å². The predicted molar refractivity (Wildman–Crippen MR) is 112 cm³/mol. The Morgan fingerprint density at radius 1 is 1.31 bits per heavy atom. The molecular formula is C21H20ClFN4O2. The third-order valence-electron chi connectivity index (χ3n) is 5.28. The van der Waals surface area contributed by atoms with Crippen LogP contribution in [0.4, 0.5) is 10.3 Å². The molecule has 0 aliphatic heterocycles. The minimum atomic E-state index is -0.472. The number of nitrogens with zero attached hydrogens (tertiary/aromatic N) is 3. The third-order valence-corrected chi connectivity index (χ3v) is 5.53. The molecule has 4 rings (SSSR count). The van der Waals surface area contributed by atoms with Crippen molar-refractivity contribution >= 4 is 34.4 Å². The Hall–Kier alpha value is -2.93. The van der Waals surface area contributed by atoms with Gasteiger partial charge in [0.25, 0.3) is 5.56 Å². The fourth-order valence-electron chi connectivity index (χ4n) is 3.40. The summed E-state index contributed by atoms with van der Waals surface area (Å²) in [5.41, 5.74) is 3.57. The lowest BCUT2D eigenvalue weighted by Crippen LogP contribution is -2.39. The molecule has 150 valence electrons. The average Bonchev–Trinajstić information content (AvgIpc) is 3.50. The largest absolute Gasteiger partial charge is 0.344 e. The number of fused-ring (bicyclic) bond motifs is 1. The van der Waals surface area contributed by atoms with E-state index in [1.54, 1.807) is 24.1 Å². The van der Waals surface area contributed by atoms with Gasteiger partial charge in [-0.3, -0.25) is 15.0 Å². The number of aromatic nitrogens is 2. The lowest BCUT2D eigenvalue weighted by Gasteiger charge is -2.21. The molecule has 1 heterocycles. The first-order valence-electron chi connectivity index (χ1n) is 9.38. The van der Waals surface area contributed by atoms with Crippen molar-refractivity contribution in [3.8, 4) is 0 Å². The monoisotopic (exact) mass is 414 g/mol. The van der Waals surface area contributed by atoms with E-state index in [1.807, 2.05) is 19.1 Å². The maximum absolute atomic E-state index is 13.6. The topological polar surface area (TPSA) is 67.2 Å². The van der Waals surface area contributed by atoms with E-state index < -0.39 is 11.4 Å². The number of anilines is 1. The third kappa shape index (κ3) is 3.70. The molecule has 0 bridgehead atoms. The molecule has 1 aliphatic carbocycles. The van der Waals surface area contributed by atoms with Gasteiger partial charge in [-0.05, 0) is 49.1 Å². The van der Waals surface area contributed by atoms with Crippen LogP contribution in [0.3, 0.4) is 0 Å². The molecule has 0 saturated heterocycles. The van der Waals surface area contributed by atoms with Crippen molar-refractivity contribution < 1.29 is 9.18 Å². The Labute approximate surface area is 171 Å². The molecule has 1 aliphatic rings. The first-order chi connectivity index (χ1) is 13.9. The van der Waals surface area contributed by atoms with E-state index in [0.717, 1.165) is 10.2 Å². The number of rotatable bonds is 5. The molecule has 1 N–H and O–H groups in total. The summed E-state index contributed by atoms with van der Waals surface area (Å²) < 4.78 is 14.8. The molecule has 6 nitrogen and oxygen atoms in total. The van der Waals surface area contributed by atoms with Crippen LogP contribution in [-0.4, -0.2) is 29.2 Å². The van der Waals surface area contributed by atoms with Crippen LogP contribution in [0, 0.1) is 11.7 Å². The Morgan fingerprint density at radius 3 is 2.72 bits per heavy atom. The van der Waals surface area contributed by atoms with Crippen LogP contribution in [-0.2, 0) is 4.79 Å². The van der Waals surface area contributed by atoms with Crippen LogP contribution in [0.2, 0.25) is 5.02 Å². The standard InChI is InChI=1S/C21H20ClFN4O2/c1-3-26(2)21-24-18-10-14(23)8-9-15(18)20(29)27(21)25-19(28)17-11-16(17)12-4-6-13(22)7-5-12/h4-10,16-17H,3,11H2,1-2H3,(H,25,28). The van der Waals surface area contributed by atoms with Gasteiger partial charge in [-0.1, -0.05) is 23.7 Å². The molecule has 0 radical (unpaired) electrons. The SMILES string of the molecule is CCN(C)c1nc2cc(F)ccc2c(=O)n1NC(=O)C1CC1c1ccc(Cl)cc1. The lowest BCUT2D eigenvalue weighted by atomic mass is 10.1. The van der Waals surface area contributed by atoms with Gasteiger partial charge in [-0.25, -0.2) is 9.37 Å². The van der Waals surface area contributed by atoms with Gasteiger partial charge in [-0.15, -0.1) is 0 Å². The number of nitrogens with one attached hydrogen (secondary N) is 1.